The molecule has 0 aliphatic heterocycles. The van der Waals surface area contributed by atoms with Gasteiger partial charge in [-0.3, -0.25) is 0 Å². The molecule has 0 atom stereocenters. The SMILES string of the molecule is CC.CCc1c(F)ccc2cccc(C(C)C)c12. The standard InChI is InChI=1S/C15H17F.C2H6/c1-4-12-14(16)9-8-11-6-5-7-13(10(2)3)15(11)12;1-2/h5-10H,4H2,1-3H3;1-2H3. The Hall–Kier alpha value is -1.37. The van der Waals surface area contributed by atoms with Gasteiger partial charge >= 0.3 is 0 Å². The third-order valence-electron chi connectivity index (χ3n) is 3.10. The predicted octanol–water partition coefficient (Wildman–Crippen LogP) is 5.69. The summed E-state index contributed by atoms with van der Waals surface area (Å²) in [7, 11) is 0. The van der Waals surface area contributed by atoms with E-state index in [0.29, 0.717) is 5.92 Å². The molecule has 2 aromatic rings. The minimum Gasteiger partial charge on any atom is -0.207 e. The number of benzene rings is 2. The normalized spacial score (nSPS) is 10.4. The van der Waals surface area contributed by atoms with Crippen LogP contribution in [0.25, 0.3) is 10.8 Å². The number of aryl methyl sites for hydroxylation is 1. The average Bonchev–Trinajstić information content (AvgIpc) is 2.40. The van der Waals surface area contributed by atoms with Gasteiger partial charge < -0.3 is 0 Å². The molecule has 0 saturated carbocycles. The molecule has 0 aliphatic rings. The van der Waals surface area contributed by atoms with Gasteiger partial charge in [-0.15, -0.1) is 0 Å². The van der Waals surface area contributed by atoms with Crippen molar-refractivity contribution >= 4 is 10.8 Å². The van der Waals surface area contributed by atoms with Crippen LogP contribution in [0.4, 0.5) is 4.39 Å². The highest BCUT2D eigenvalue weighted by atomic mass is 19.1. The maximum atomic E-state index is 13.8. The second kappa shape index (κ2) is 6.53. The summed E-state index contributed by atoms with van der Waals surface area (Å²) < 4.78 is 13.8. The molecule has 18 heavy (non-hydrogen) atoms. The van der Waals surface area contributed by atoms with Crippen LogP contribution in [0.15, 0.2) is 30.3 Å². The van der Waals surface area contributed by atoms with Crippen molar-refractivity contribution in [3.63, 3.8) is 0 Å². The first-order valence-electron chi connectivity index (χ1n) is 6.85. The third kappa shape index (κ3) is 2.72. The van der Waals surface area contributed by atoms with Crippen LogP contribution in [0.2, 0.25) is 0 Å². The lowest BCUT2D eigenvalue weighted by Gasteiger charge is -2.14. The molecule has 0 heterocycles. The molecular formula is C17H23F. The number of hydrogen-bond donors (Lipinski definition) is 0. The molecule has 0 amide bonds. The molecular weight excluding hydrogens is 223 g/mol. The van der Waals surface area contributed by atoms with Gasteiger partial charge in [0.2, 0.25) is 0 Å². The fraction of sp³-hybridized carbons (Fsp3) is 0.412. The second-order valence-corrected chi connectivity index (χ2v) is 4.48. The molecule has 0 aliphatic carbocycles. The Morgan fingerprint density at radius 3 is 2.28 bits per heavy atom. The lowest BCUT2D eigenvalue weighted by atomic mass is 9.92. The Bertz CT molecular complexity index is 512. The summed E-state index contributed by atoms with van der Waals surface area (Å²) in [4.78, 5) is 0. The Balaban J connectivity index is 0.000000771. The lowest BCUT2D eigenvalue weighted by Crippen LogP contribution is -1.96. The Morgan fingerprint density at radius 1 is 1.06 bits per heavy atom. The van der Waals surface area contributed by atoms with Crippen molar-refractivity contribution in [2.75, 3.05) is 0 Å². The van der Waals surface area contributed by atoms with Crippen LogP contribution < -0.4 is 0 Å². The second-order valence-electron chi connectivity index (χ2n) is 4.48. The molecule has 0 bridgehead atoms. The molecule has 0 spiro atoms. The minimum absolute atomic E-state index is 0.0805. The topological polar surface area (TPSA) is 0 Å². The molecule has 0 radical (unpaired) electrons. The summed E-state index contributed by atoms with van der Waals surface area (Å²) in [6.07, 6.45) is 0.743. The van der Waals surface area contributed by atoms with E-state index in [-0.39, 0.29) is 5.82 Å². The molecule has 0 N–H and O–H groups in total. The molecule has 0 nitrogen and oxygen atoms in total. The van der Waals surface area contributed by atoms with Gasteiger partial charge in [0.1, 0.15) is 5.82 Å². The quantitative estimate of drug-likeness (QED) is 0.638. The van der Waals surface area contributed by atoms with Gasteiger partial charge in [-0.2, -0.15) is 0 Å². The van der Waals surface area contributed by atoms with Crippen molar-refractivity contribution in [1.82, 2.24) is 0 Å². The molecule has 0 saturated heterocycles. The predicted molar refractivity (Wildman–Crippen MR) is 78.7 cm³/mol. The first kappa shape index (κ1) is 14.7. The van der Waals surface area contributed by atoms with Crippen LogP contribution in [0.1, 0.15) is 51.7 Å². The minimum atomic E-state index is -0.0805. The van der Waals surface area contributed by atoms with E-state index < -0.39 is 0 Å². The van der Waals surface area contributed by atoms with Gasteiger partial charge in [-0.05, 0) is 40.3 Å². The molecule has 98 valence electrons. The zero-order valence-corrected chi connectivity index (χ0v) is 12.0. The zero-order valence-electron chi connectivity index (χ0n) is 12.0. The van der Waals surface area contributed by atoms with Crippen LogP contribution >= 0.6 is 0 Å². The smallest absolute Gasteiger partial charge is 0.127 e. The summed E-state index contributed by atoms with van der Waals surface area (Å²) in [5.74, 6) is 0.346. The highest BCUT2D eigenvalue weighted by Gasteiger charge is 2.11. The Kier molecular flexibility index (Phi) is 5.33. The van der Waals surface area contributed by atoms with Gasteiger partial charge in [0.15, 0.2) is 0 Å². The van der Waals surface area contributed by atoms with E-state index in [1.54, 1.807) is 6.07 Å². The average molecular weight is 246 g/mol. The highest BCUT2D eigenvalue weighted by Crippen LogP contribution is 2.30. The highest BCUT2D eigenvalue weighted by molar-refractivity contribution is 5.89. The van der Waals surface area contributed by atoms with E-state index in [1.165, 1.54) is 5.56 Å². The van der Waals surface area contributed by atoms with Crippen LogP contribution in [0.5, 0.6) is 0 Å². The Morgan fingerprint density at radius 2 is 1.72 bits per heavy atom. The number of halogens is 1. The molecule has 2 rings (SSSR count). The molecule has 0 fully saturated rings. The van der Waals surface area contributed by atoms with E-state index in [2.05, 4.69) is 32.0 Å². The monoisotopic (exact) mass is 246 g/mol. The molecule has 1 heteroatoms. The van der Waals surface area contributed by atoms with Crippen molar-refractivity contribution in [2.24, 2.45) is 0 Å². The third-order valence-corrected chi connectivity index (χ3v) is 3.10. The van der Waals surface area contributed by atoms with Crippen molar-refractivity contribution < 1.29 is 4.39 Å². The molecule has 0 unspecified atom stereocenters. The first-order chi connectivity index (χ1) is 8.65. The number of hydrogen-bond acceptors (Lipinski definition) is 0. The maximum Gasteiger partial charge on any atom is 0.127 e. The van der Waals surface area contributed by atoms with E-state index in [4.69, 9.17) is 0 Å². The van der Waals surface area contributed by atoms with Gasteiger partial charge in [-0.1, -0.05) is 58.9 Å². The largest absolute Gasteiger partial charge is 0.207 e. The summed E-state index contributed by atoms with van der Waals surface area (Å²) in [5, 5.41) is 2.25. The molecule has 0 aromatic heterocycles. The maximum absolute atomic E-state index is 13.8. The van der Waals surface area contributed by atoms with Gasteiger partial charge in [0.05, 0.1) is 0 Å². The van der Waals surface area contributed by atoms with Crippen LogP contribution in [-0.2, 0) is 6.42 Å². The summed E-state index contributed by atoms with van der Waals surface area (Å²) in [6.45, 7) is 10.3. The summed E-state index contributed by atoms with van der Waals surface area (Å²) in [6, 6.07) is 9.65. The van der Waals surface area contributed by atoms with Crippen molar-refractivity contribution in [3.8, 4) is 0 Å². The van der Waals surface area contributed by atoms with Gasteiger partial charge in [-0.25, -0.2) is 4.39 Å². The fourth-order valence-electron chi connectivity index (χ4n) is 2.29. The summed E-state index contributed by atoms with van der Waals surface area (Å²) >= 11 is 0. The van der Waals surface area contributed by atoms with Crippen molar-refractivity contribution in [1.29, 1.82) is 0 Å². The van der Waals surface area contributed by atoms with Gasteiger partial charge in [0.25, 0.3) is 0 Å². The fourth-order valence-corrected chi connectivity index (χ4v) is 2.29. The number of rotatable bonds is 2. The van der Waals surface area contributed by atoms with Crippen LogP contribution in [0, 0.1) is 5.82 Å². The van der Waals surface area contributed by atoms with Crippen molar-refractivity contribution in [3.05, 3.63) is 47.3 Å². The van der Waals surface area contributed by atoms with Gasteiger partial charge in [0, 0.05) is 0 Å². The van der Waals surface area contributed by atoms with E-state index in [0.717, 1.165) is 22.8 Å². The Labute approximate surface area is 110 Å². The summed E-state index contributed by atoms with van der Waals surface area (Å²) in [5.41, 5.74) is 2.09. The first-order valence-corrected chi connectivity index (χ1v) is 6.85. The van der Waals surface area contributed by atoms with Crippen LogP contribution in [-0.4, -0.2) is 0 Å². The van der Waals surface area contributed by atoms with Crippen molar-refractivity contribution in [2.45, 2.75) is 47.0 Å². The van der Waals surface area contributed by atoms with E-state index in [1.807, 2.05) is 26.8 Å². The van der Waals surface area contributed by atoms with Crippen LogP contribution in [0.3, 0.4) is 0 Å². The molecule has 2 aromatic carbocycles. The lowest BCUT2D eigenvalue weighted by molar-refractivity contribution is 0.614. The zero-order chi connectivity index (χ0) is 13.7. The van der Waals surface area contributed by atoms with E-state index >= 15 is 0 Å². The van der Waals surface area contributed by atoms with E-state index in [9.17, 15) is 4.39 Å². The number of fused-ring (bicyclic) bond motifs is 1.